The highest BCUT2D eigenvalue weighted by atomic mass is 32.2. The summed E-state index contributed by atoms with van der Waals surface area (Å²) in [6, 6.07) is 5.00. The zero-order valence-electron chi connectivity index (χ0n) is 17.2. The largest absolute Gasteiger partial charge is 0.379 e. The van der Waals surface area contributed by atoms with E-state index >= 15 is 0 Å². The van der Waals surface area contributed by atoms with Gasteiger partial charge in [0.15, 0.2) is 4.34 Å². The topological polar surface area (TPSA) is 109 Å². The minimum absolute atomic E-state index is 0.141. The van der Waals surface area contributed by atoms with E-state index in [0.29, 0.717) is 18.5 Å². The molecule has 1 saturated heterocycles. The number of fused-ring (bicyclic) bond motifs is 1. The van der Waals surface area contributed by atoms with Gasteiger partial charge in [0.25, 0.3) is 0 Å². The number of benzene rings is 1. The number of carbonyl (C=O) groups excluding carboxylic acids is 3. The van der Waals surface area contributed by atoms with Crippen LogP contribution in [0.3, 0.4) is 0 Å². The van der Waals surface area contributed by atoms with Gasteiger partial charge in [0.1, 0.15) is 6.04 Å². The van der Waals surface area contributed by atoms with Gasteiger partial charge < -0.3 is 20.7 Å². The fourth-order valence-corrected chi connectivity index (χ4v) is 5.26. The van der Waals surface area contributed by atoms with Gasteiger partial charge in [-0.2, -0.15) is 0 Å². The highest BCUT2D eigenvalue weighted by molar-refractivity contribution is 8.01. The van der Waals surface area contributed by atoms with Gasteiger partial charge >= 0.3 is 0 Å². The van der Waals surface area contributed by atoms with E-state index < -0.39 is 6.04 Å². The maximum absolute atomic E-state index is 12.2. The molecule has 1 aromatic heterocycles. The number of thiazole rings is 1. The van der Waals surface area contributed by atoms with E-state index in [9.17, 15) is 14.4 Å². The Morgan fingerprint density at radius 3 is 2.90 bits per heavy atom. The Morgan fingerprint density at radius 1 is 1.40 bits per heavy atom. The molecule has 3 N–H and O–H groups in total. The molecule has 0 spiro atoms. The normalized spacial score (nSPS) is 16.5. The van der Waals surface area contributed by atoms with Crippen molar-refractivity contribution in [3.8, 4) is 0 Å². The molecule has 1 fully saturated rings. The number of nitrogens with one attached hydrogen (secondary N) is 3. The fraction of sp³-hybridized carbons (Fsp3) is 0.500. The number of rotatable bonds is 9. The van der Waals surface area contributed by atoms with E-state index in [-0.39, 0.29) is 29.9 Å². The van der Waals surface area contributed by atoms with E-state index in [1.54, 1.807) is 36.3 Å². The van der Waals surface area contributed by atoms with Crippen molar-refractivity contribution in [1.82, 2.24) is 15.6 Å². The van der Waals surface area contributed by atoms with Gasteiger partial charge in [-0.1, -0.05) is 11.8 Å². The van der Waals surface area contributed by atoms with Crippen molar-refractivity contribution >= 4 is 56.7 Å². The fourth-order valence-electron chi connectivity index (χ4n) is 2.84. The predicted octanol–water partition coefficient (Wildman–Crippen LogP) is 2.54. The van der Waals surface area contributed by atoms with E-state index in [2.05, 4.69) is 34.8 Å². The smallest absolute Gasteiger partial charge is 0.243 e. The van der Waals surface area contributed by atoms with Crippen LogP contribution >= 0.6 is 23.1 Å². The van der Waals surface area contributed by atoms with Crippen molar-refractivity contribution in [1.29, 1.82) is 0 Å². The van der Waals surface area contributed by atoms with Crippen LogP contribution in [0.15, 0.2) is 22.5 Å². The molecule has 0 saturated carbocycles. The predicted molar refractivity (Wildman–Crippen MR) is 119 cm³/mol. The second-order valence-electron chi connectivity index (χ2n) is 7.65. The monoisotopic (exact) mass is 450 g/mol. The van der Waals surface area contributed by atoms with Crippen LogP contribution in [0.1, 0.15) is 33.1 Å². The Bertz CT molecular complexity index is 944. The standard InChI is InChI=1S/C20H26N4O4S2/c1-20(2,28-3)8-9-29-19-24-13-5-4-12(10-15(13)30-19)22-17(26)11-21-18(27)14-6-7-16(25)23-14/h4-5,10,14H,6-9,11H2,1-3H3,(H,21,27)(H,22,26)(H,23,25). The second-order valence-corrected chi connectivity index (χ2v) is 10.0. The molecule has 8 nitrogen and oxygen atoms in total. The van der Waals surface area contributed by atoms with E-state index in [1.165, 1.54) is 0 Å². The number of aromatic nitrogens is 1. The molecule has 1 atom stereocenters. The molecule has 0 radical (unpaired) electrons. The molecular weight excluding hydrogens is 424 g/mol. The maximum Gasteiger partial charge on any atom is 0.243 e. The minimum Gasteiger partial charge on any atom is -0.379 e. The Kier molecular flexibility index (Phi) is 7.32. The zero-order valence-corrected chi connectivity index (χ0v) is 18.9. The molecule has 1 aliphatic heterocycles. The lowest BCUT2D eigenvalue weighted by Crippen LogP contribution is -2.44. The van der Waals surface area contributed by atoms with Crippen LogP contribution in [-0.4, -0.2) is 53.8 Å². The first kappa shape index (κ1) is 22.5. The Morgan fingerprint density at radius 2 is 2.20 bits per heavy atom. The van der Waals surface area contributed by atoms with Gasteiger partial charge in [0.05, 0.1) is 22.4 Å². The maximum atomic E-state index is 12.2. The summed E-state index contributed by atoms with van der Waals surface area (Å²) in [6.07, 6.45) is 1.71. The number of hydrogen-bond donors (Lipinski definition) is 3. The number of nitrogens with zero attached hydrogens (tertiary/aromatic N) is 1. The molecule has 1 unspecified atom stereocenters. The van der Waals surface area contributed by atoms with Crippen molar-refractivity contribution in [3.63, 3.8) is 0 Å². The summed E-state index contributed by atoms with van der Waals surface area (Å²) in [5.74, 6) is 0.100. The quantitative estimate of drug-likeness (QED) is 0.507. The summed E-state index contributed by atoms with van der Waals surface area (Å²) in [5.41, 5.74) is 1.38. The van der Waals surface area contributed by atoms with E-state index in [0.717, 1.165) is 26.7 Å². The van der Waals surface area contributed by atoms with Gasteiger partial charge in [0, 0.05) is 25.0 Å². The van der Waals surface area contributed by atoms with Crippen molar-refractivity contribution in [2.75, 3.05) is 24.7 Å². The molecule has 162 valence electrons. The van der Waals surface area contributed by atoms with Crippen molar-refractivity contribution in [3.05, 3.63) is 18.2 Å². The van der Waals surface area contributed by atoms with Crippen molar-refractivity contribution < 1.29 is 19.1 Å². The number of ether oxygens (including phenoxy) is 1. The summed E-state index contributed by atoms with van der Waals surface area (Å²) in [7, 11) is 1.72. The highest BCUT2D eigenvalue weighted by Gasteiger charge is 2.27. The molecular formula is C20H26N4O4S2. The minimum atomic E-state index is -0.552. The molecule has 30 heavy (non-hydrogen) atoms. The molecule has 0 aliphatic carbocycles. The molecule has 10 heteroatoms. The summed E-state index contributed by atoms with van der Waals surface area (Å²) in [6.45, 7) is 3.97. The van der Waals surface area contributed by atoms with Crippen LogP contribution in [0, 0.1) is 0 Å². The SMILES string of the molecule is COC(C)(C)CCSc1nc2ccc(NC(=O)CNC(=O)C3CCC(=O)N3)cc2s1. The first-order valence-corrected chi connectivity index (χ1v) is 11.5. The van der Waals surface area contributed by atoms with E-state index in [4.69, 9.17) is 4.74 Å². The summed E-state index contributed by atoms with van der Waals surface area (Å²) < 4.78 is 7.40. The van der Waals surface area contributed by atoms with Crippen molar-refractivity contribution in [2.24, 2.45) is 0 Å². The Labute approximate surface area is 183 Å². The van der Waals surface area contributed by atoms with Gasteiger partial charge in [-0.3, -0.25) is 14.4 Å². The first-order valence-electron chi connectivity index (χ1n) is 9.71. The molecule has 3 amide bonds. The van der Waals surface area contributed by atoms with Crippen LogP contribution in [0.2, 0.25) is 0 Å². The van der Waals surface area contributed by atoms with E-state index in [1.807, 2.05) is 12.1 Å². The molecule has 2 heterocycles. The highest BCUT2D eigenvalue weighted by Crippen LogP contribution is 2.32. The van der Waals surface area contributed by atoms with Crippen molar-refractivity contribution in [2.45, 2.75) is 49.1 Å². The van der Waals surface area contributed by atoms with Crippen LogP contribution in [0.25, 0.3) is 10.2 Å². The van der Waals surface area contributed by atoms with Crippen LogP contribution in [0.5, 0.6) is 0 Å². The summed E-state index contributed by atoms with van der Waals surface area (Å²) in [4.78, 5) is 39.9. The number of hydrogen-bond acceptors (Lipinski definition) is 7. The zero-order chi connectivity index (χ0) is 21.7. The second kappa shape index (κ2) is 9.76. The molecule has 3 rings (SSSR count). The molecule has 1 aromatic carbocycles. The lowest BCUT2D eigenvalue weighted by Gasteiger charge is -2.21. The van der Waals surface area contributed by atoms with Crippen LogP contribution in [0.4, 0.5) is 5.69 Å². The van der Waals surface area contributed by atoms with Gasteiger partial charge in [-0.25, -0.2) is 4.98 Å². The third kappa shape index (κ3) is 6.16. The lowest BCUT2D eigenvalue weighted by atomic mass is 10.1. The number of anilines is 1. The Balaban J connectivity index is 1.50. The van der Waals surface area contributed by atoms with Crippen LogP contribution < -0.4 is 16.0 Å². The van der Waals surface area contributed by atoms with Gasteiger partial charge in [0.2, 0.25) is 17.7 Å². The molecule has 1 aliphatic rings. The average Bonchev–Trinajstić information content (AvgIpc) is 3.31. The lowest BCUT2D eigenvalue weighted by molar-refractivity contribution is -0.127. The van der Waals surface area contributed by atoms with Crippen LogP contribution in [-0.2, 0) is 19.1 Å². The average molecular weight is 451 g/mol. The third-order valence-corrected chi connectivity index (χ3v) is 7.03. The third-order valence-electron chi connectivity index (χ3n) is 4.87. The van der Waals surface area contributed by atoms with Gasteiger partial charge in [-0.05, 0) is 44.9 Å². The van der Waals surface area contributed by atoms with Gasteiger partial charge in [-0.15, -0.1) is 11.3 Å². The number of carbonyl (C=O) groups is 3. The summed E-state index contributed by atoms with van der Waals surface area (Å²) in [5, 5.41) is 7.92. The molecule has 0 bridgehead atoms. The number of thioether (sulfide) groups is 1. The number of amides is 3. The summed E-state index contributed by atoms with van der Waals surface area (Å²) >= 11 is 3.28. The first-order chi connectivity index (χ1) is 14.3. The molecule has 2 aromatic rings. The number of methoxy groups -OCH3 is 1. The Hall–Kier alpha value is -2.17.